The maximum atomic E-state index is 12.5. The van der Waals surface area contributed by atoms with Crippen molar-refractivity contribution in [3.05, 3.63) is 83.9 Å². The topological polar surface area (TPSA) is 66.8 Å². The molecule has 1 atom stereocenters. The number of ether oxygens (including phenoxy) is 1. The van der Waals surface area contributed by atoms with Gasteiger partial charge in [0.05, 0.1) is 0 Å². The van der Waals surface area contributed by atoms with Crippen LogP contribution >= 0.6 is 0 Å². The molecule has 5 heteroatoms. The summed E-state index contributed by atoms with van der Waals surface area (Å²) in [4.78, 5) is 25.3. The molecule has 2 aromatic carbocycles. The molecule has 0 saturated carbocycles. The molecule has 0 amide bonds. The smallest absolute Gasteiger partial charge is 0.332 e. The van der Waals surface area contributed by atoms with Crippen molar-refractivity contribution in [1.29, 1.82) is 0 Å². The number of rotatable bonds is 8. The van der Waals surface area contributed by atoms with E-state index in [2.05, 4.69) is 11.8 Å². The van der Waals surface area contributed by atoms with E-state index < -0.39 is 17.5 Å². The first-order valence-electron chi connectivity index (χ1n) is 8.76. The van der Waals surface area contributed by atoms with Gasteiger partial charge in [0.25, 0.3) is 0 Å². The van der Waals surface area contributed by atoms with Gasteiger partial charge in [0.1, 0.15) is 0 Å². The molecule has 0 heterocycles. The van der Waals surface area contributed by atoms with Crippen LogP contribution in [0.3, 0.4) is 0 Å². The SMILES string of the molecule is CC(CC(OC(=O)/C=C\C(=O)O)(c1ccccc1)c1ccccc1)N(C)C. The maximum Gasteiger partial charge on any atom is 0.332 e. The summed E-state index contributed by atoms with van der Waals surface area (Å²) in [6.07, 6.45) is 2.25. The minimum Gasteiger partial charge on any atom is -0.478 e. The molecule has 2 rings (SSSR count). The molecule has 0 saturated heterocycles. The summed E-state index contributed by atoms with van der Waals surface area (Å²) in [7, 11) is 3.94. The van der Waals surface area contributed by atoms with E-state index in [1.165, 1.54) is 0 Å². The van der Waals surface area contributed by atoms with Crippen LogP contribution in [0.5, 0.6) is 0 Å². The number of carbonyl (C=O) groups is 2. The molecule has 2 aromatic rings. The standard InChI is InChI=1S/C22H25NO4/c1-17(23(2)3)16-22(18-10-6-4-7-11-18,19-12-8-5-9-13-19)27-21(26)15-14-20(24)25/h4-15,17H,16H2,1-3H3,(H,24,25)/b15-14-. The van der Waals surface area contributed by atoms with Crippen molar-refractivity contribution in [3.63, 3.8) is 0 Å². The average molecular weight is 367 g/mol. The summed E-state index contributed by atoms with van der Waals surface area (Å²) in [5.41, 5.74) is 0.635. The summed E-state index contributed by atoms with van der Waals surface area (Å²) in [5, 5.41) is 8.81. The van der Waals surface area contributed by atoms with Crippen molar-refractivity contribution in [1.82, 2.24) is 4.90 Å². The molecule has 0 bridgehead atoms. The van der Waals surface area contributed by atoms with Gasteiger partial charge in [0.15, 0.2) is 5.60 Å². The third-order valence-electron chi connectivity index (χ3n) is 4.58. The fourth-order valence-corrected chi connectivity index (χ4v) is 2.92. The highest BCUT2D eigenvalue weighted by atomic mass is 16.6. The molecule has 5 nitrogen and oxygen atoms in total. The van der Waals surface area contributed by atoms with Crippen LogP contribution in [0.15, 0.2) is 72.8 Å². The fourth-order valence-electron chi connectivity index (χ4n) is 2.92. The van der Waals surface area contributed by atoms with Gasteiger partial charge in [-0.05, 0) is 21.0 Å². The van der Waals surface area contributed by atoms with Crippen molar-refractivity contribution in [3.8, 4) is 0 Å². The Morgan fingerprint density at radius 1 is 1.00 bits per heavy atom. The first-order chi connectivity index (χ1) is 12.8. The Morgan fingerprint density at radius 2 is 1.48 bits per heavy atom. The summed E-state index contributed by atoms with van der Waals surface area (Å²) in [6.45, 7) is 2.06. The molecule has 142 valence electrons. The van der Waals surface area contributed by atoms with Gasteiger partial charge in [0.2, 0.25) is 0 Å². The molecule has 0 aliphatic heterocycles. The van der Waals surface area contributed by atoms with Gasteiger partial charge >= 0.3 is 11.9 Å². The minimum atomic E-state index is -1.20. The van der Waals surface area contributed by atoms with Gasteiger partial charge in [-0.25, -0.2) is 9.59 Å². The van der Waals surface area contributed by atoms with Gasteiger partial charge in [-0.1, -0.05) is 60.7 Å². The van der Waals surface area contributed by atoms with E-state index in [4.69, 9.17) is 9.84 Å². The van der Waals surface area contributed by atoms with Crippen molar-refractivity contribution in [2.75, 3.05) is 14.1 Å². The zero-order valence-corrected chi connectivity index (χ0v) is 15.8. The maximum absolute atomic E-state index is 12.5. The molecular weight excluding hydrogens is 342 g/mol. The van der Waals surface area contributed by atoms with Crippen LogP contribution in [-0.2, 0) is 19.9 Å². The van der Waals surface area contributed by atoms with Gasteiger partial charge in [-0.15, -0.1) is 0 Å². The fraction of sp³-hybridized carbons (Fsp3) is 0.273. The van der Waals surface area contributed by atoms with E-state index in [0.29, 0.717) is 6.42 Å². The predicted octanol–water partition coefficient (Wildman–Crippen LogP) is 3.45. The number of benzene rings is 2. The zero-order chi connectivity index (χ0) is 19.9. The summed E-state index contributed by atoms with van der Waals surface area (Å²) >= 11 is 0. The Bertz CT molecular complexity index is 745. The van der Waals surface area contributed by atoms with Crippen LogP contribution in [0.4, 0.5) is 0 Å². The monoisotopic (exact) mass is 367 g/mol. The lowest BCUT2D eigenvalue weighted by Crippen LogP contribution is -2.40. The van der Waals surface area contributed by atoms with Gasteiger partial charge in [0, 0.05) is 35.7 Å². The third-order valence-corrected chi connectivity index (χ3v) is 4.58. The minimum absolute atomic E-state index is 0.0988. The Hall–Kier alpha value is -2.92. The quantitative estimate of drug-likeness (QED) is 0.572. The van der Waals surface area contributed by atoms with Gasteiger partial charge in [-0.3, -0.25) is 0 Å². The van der Waals surface area contributed by atoms with Crippen LogP contribution in [0.25, 0.3) is 0 Å². The highest BCUT2D eigenvalue weighted by Gasteiger charge is 2.39. The van der Waals surface area contributed by atoms with Crippen LogP contribution in [0, 0.1) is 0 Å². The van der Waals surface area contributed by atoms with E-state index in [-0.39, 0.29) is 6.04 Å². The number of hydrogen-bond donors (Lipinski definition) is 1. The number of esters is 1. The Morgan fingerprint density at radius 3 is 1.89 bits per heavy atom. The van der Waals surface area contributed by atoms with E-state index in [1.807, 2.05) is 74.8 Å². The highest BCUT2D eigenvalue weighted by Crippen LogP contribution is 2.39. The summed E-state index contributed by atoms with van der Waals surface area (Å²) in [5.74, 6) is -1.89. The second-order valence-corrected chi connectivity index (χ2v) is 6.67. The van der Waals surface area contributed by atoms with E-state index >= 15 is 0 Å². The molecular formula is C22H25NO4. The molecule has 0 aliphatic rings. The Balaban J connectivity index is 2.58. The number of carboxylic acid groups (broad SMARTS) is 1. The highest BCUT2D eigenvalue weighted by molar-refractivity contribution is 5.91. The average Bonchev–Trinajstić information content (AvgIpc) is 2.67. The first kappa shape index (κ1) is 20.4. The Kier molecular flexibility index (Phi) is 6.91. The van der Waals surface area contributed by atoms with E-state index in [9.17, 15) is 9.59 Å². The molecule has 0 fully saturated rings. The number of nitrogens with zero attached hydrogens (tertiary/aromatic N) is 1. The van der Waals surface area contributed by atoms with E-state index in [0.717, 1.165) is 23.3 Å². The van der Waals surface area contributed by atoms with Gasteiger partial charge < -0.3 is 14.7 Å². The van der Waals surface area contributed by atoms with Crippen molar-refractivity contribution < 1.29 is 19.4 Å². The summed E-state index contributed by atoms with van der Waals surface area (Å²) in [6, 6.07) is 19.2. The molecule has 0 spiro atoms. The molecule has 1 N–H and O–H groups in total. The van der Waals surface area contributed by atoms with Crippen LogP contribution in [-0.4, -0.2) is 42.1 Å². The van der Waals surface area contributed by atoms with Crippen LogP contribution < -0.4 is 0 Å². The third kappa shape index (κ3) is 5.28. The number of carbonyl (C=O) groups excluding carboxylic acids is 1. The van der Waals surface area contributed by atoms with Crippen LogP contribution in [0.2, 0.25) is 0 Å². The first-order valence-corrected chi connectivity index (χ1v) is 8.76. The number of carboxylic acids is 1. The zero-order valence-electron chi connectivity index (χ0n) is 15.8. The molecule has 0 aromatic heterocycles. The lowest BCUT2D eigenvalue weighted by atomic mass is 9.81. The van der Waals surface area contributed by atoms with E-state index in [1.54, 1.807) is 0 Å². The Labute approximate surface area is 159 Å². The van der Waals surface area contributed by atoms with Crippen molar-refractivity contribution >= 4 is 11.9 Å². The molecule has 0 radical (unpaired) electrons. The number of hydrogen-bond acceptors (Lipinski definition) is 4. The second kappa shape index (κ2) is 9.14. The summed E-state index contributed by atoms with van der Waals surface area (Å²) < 4.78 is 5.97. The second-order valence-electron chi connectivity index (χ2n) is 6.67. The van der Waals surface area contributed by atoms with Crippen molar-refractivity contribution in [2.45, 2.75) is 25.0 Å². The molecule has 0 aliphatic carbocycles. The van der Waals surface area contributed by atoms with Gasteiger partial charge in [-0.2, -0.15) is 0 Å². The number of aliphatic carboxylic acids is 1. The molecule has 1 unspecified atom stereocenters. The van der Waals surface area contributed by atoms with Crippen LogP contribution in [0.1, 0.15) is 24.5 Å². The lowest BCUT2D eigenvalue weighted by Gasteiger charge is -2.38. The lowest BCUT2D eigenvalue weighted by molar-refractivity contribution is -0.152. The largest absolute Gasteiger partial charge is 0.478 e. The normalized spacial score (nSPS) is 12.9. The predicted molar refractivity (Wildman–Crippen MR) is 104 cm³/mol. The van der Waals surface area contributed by atoms with Crippen molar-refractivity contribution in [2.24, 2.45) is 0 Å². The molecule has 27 heavy (non-hydrogen) atoms.